The van der Waals surface area contributed by atoms with Crippen molar-refractivity contribution >= 4 is 11.9 Å². The topological polar surface area (TPSA) is 75.9 Å². The number of likely N-dealkylation sites (N-methyl/N-ethyl adjacent to an activating group) is 1. The number of rotatable bonds is 4. The van der Waals surface area contributed by atoms with Crippen LogP contribution in [0.4, 0.5) is 4.79 Å². The highest BCUT2D eigenvalue weighted by molar-refractivity contribution is 6.01. The predicted molar refractivity (Wildman–Crippen MR) is 69.5 cm³/mol. The number of urea groups is 1. The molecule has 1 aliphatic rings. The van der Waals surface area contributed by atoms with Crippen LogP contribution < -0.4 is 10.5 Å². The van der Waals surface area contributed by atoms with Crippen molar-refractivity contribution in [2.45, 2.75) is 13.1 Å². The Kier molecular flexibility index (Phi) is 3.71. The van der Waals surface area contributed by atoms with Gasteiger partial charge in [0.2, 0.25) is 0 Å². The van der Waals surface area contributed by atoms with Crippen LogP contribution in [0.1, 0.15) is 11.1 Å². The molecule has 1 aromatic rings. The van der Waals surface area contributed by atoms with Crippen LogP contribution in [0.15, 0.2) is 18.2 Å². The molecule has 0 saturated carbocycles. The largest absolute Gasteiger partial charge is 0.496 e. The van der Waals surface area contributed by atoms with Crippen molar-refractivity contribution in [3.8, 4) is 5.75 Å². The van der Waals surface area contributed by atoms with Gasteiger partial charge in [-0.15, -0.1) is 0 Å². The summed E-state index contributed by atoms with van der Waals surface area (Å²) < 4.78 is 5.18. The summed E-state index contributed by atoms with van der Waals surface area (Å²) >= 11 is 0. The molecule has 0 spiro atoms. The van der Waals surface area contributed by atoms with Gasteiger partial charge in [0.1, 0.15) is 12.3 Å². The molecule has 3 amide bonds. The fourth-order valence-corrected chi connectivity index (χ4v) is 2.10. The van der Waals surface area contributed by atoms with Gasteiger partial charge in [0.05, 0.1) is 13.7 Å². The molecule has 0 atom stereocenters. The smallest absolute Gasteiger partial charge is 0.327 e. The third-order valence-corrected chi connectivity index (χ3v) is 3.14. The summed E-state index contributed by atoms with van der Waals surface area (Å²) in [5, 5.41) is 0. The number of carbonyl (C=O) groups is 2. The van der Waals surface area contributed by atoms with Crippen LogP contribution in [0.2, 0.25) is 0 Å². The van der Waals surface area contributed by atoms with Gasteiger partial charge in [0, 0.05) is 19.2 Å². The molecule has 1 saturated heterocycles. The van der Waals surface area contributed by atoms with Crippen molar-refractivity contribution in [2.75, 3.05) is 20.7 Å². The minimum absolute atomic E-state index is 0.138. The van der Waals surface area contributed by atoms with Crippen molar-refractivity contribution in [1.29, 1.82) is 0 Å². The lowest BCUT2D eigenvalue weighted by Gasteiger charge is -2.15. The zero-order valence-electron chi connectivity index (χ0n) is 11.0. The second-order valence-corrected chi connectivity index (χ2v) is 4.47. The minimum Gasteiger partial charge on any atom is -0.496 e. The molecule has 19 heavy (non-hydrogen) atoms. The van der Waals surface area contributed by atoms with E-state index in [9.17, 15) is 9.59 Å². The van der Waals surface area contributed by atoms with E-state index in [1.54, 1.807) is 20.2 Å². The summed E-state index contributed by atoms with van der Waals surface area (Å²) in [6, 6.07) is 5.22. The molecule has 6 nitrogen and oxygen atoms in total. The molecule has 0 bridgehead atoms. The Morgan fingerprint density at radius 2 is 2.11 bits per heavy atom. The summed E-state index contributed by atoms with van der Waals surface area (Å²) in [4.78, 5) is 26.1. The normalized spacial score (nSPS) is 15.3. The average Bonchev–Trinajstić information content (AvgIpc) is 2.65. The fourth-order valence-electron chi connectivity index (χ4n) is 2.10. The molecule has 1 aromatic carbocycles. The van der Waals surface area contributed by atoms with E-state index >= 15 is 0 Å². The molecule has 102 valence electrons. The predicted octanol–water partition coefficient (Wildman–Crippen LogP) is 0.548. The summed E-state index contributed by atoms with van der Waals surface area (Å²) in [5.41, 5.74) is 7.36. The molecule has 1 heterocycles. The number of nitrogens with zero attached hydrogens (tertiary/aromatic N) is 2. The van der Waals surface area contributed by atoms with Gasteiger partial charge in [-0.25, -0.2) is 4.79 Å². The van der Waals surface area contributed by atoms with E-state index < -0.39 is 0 Å². The lowest BCUT2D eigenvalue weighted by molar-refractivity contribution is -0.125. The summed E-state index contributed by atoms with van der Waals surface area (Å²) in [5.74, 6) is 0.528. The lowest BCUT2D eigenvalue weighted by Crippen LogP contribution is -2.31. The first kappa shape index (κ1) is 13.4. The van der Waals surface area contributed by atoms with Crippen molar-refractivity contribution in [1.82, 2.24) is 9.80 Å². The molecule has 1 fully saturated rings. The van der Waals surface area contributed by atoms with E-state index in [4.69, 9.17) is 10.5 Å². The molecule has 1 aliphatic heterocycles. The SMILES string of the molecule is COc1ccc(CN2C(=O)CN(C)C2=O)cc1CN. The summed E-state index contributed by atoms with van der Waals surface area (Å²) in [6.45, 7) is 0.747. The van der Waals surface area contributed by atoms with E-state index in [1.165, 1.54) is 9.80 Å². The molecule has 2 rings (SSSR count). The highest BCUT2D eigenvalue weighted by Crippen LogP contribution is 2.21. The standard InChI is InChI=1S/C13H17N3O3/c1-15-8-12(17)16(13(15)18)7-9-3-4-11(19-2)10(5-9)6-14/h3-5H,6-8,14H2,1-2H3. The molecule has 0 aromatic heterocycles. The Morgan fingerprint density at radius 1 is 1.37 bits per heavy atom. The number of ether oxygens (including phenoxy) is 1. The van der Waals surface area contributed by atoms with Gasteiger partial charge in [-0.1, -0.05) is 6.07 Å². The third-order valence-electron chi connectivity index (χ3n) is 3.14. The van der Waals surface area contributed by atoms with Gasteiger partial charge >= 0.3 is 6.03 Å². The number of carbonyl (C=O) groups excluding carboxylic acids is 2. The van der Waals surface area contributed by atoms with Crippen LogP contribution in [0.3, 0.4) is 0 Å². The molecule has 0 aliphatic carbocycles. The maximum Gasteiger partial charge on any atom is 0.327 e. The van der Waals surface area contributed by atoms with Gasteiger partial charge in [0.15, 0.2) is 0 Å². The van der Waals surface area contributed by atoms with Crippen molar-refractivity contribution in [2.24, 2.45) is 5.73 Å². The van der Waals surface area contributed by atoms with Crippen molar-refractivity contribution in [3.63, 3.8) is 0 Å². The number of hydrogen-bond acceptors (Lipinski definition) is 4. The van der Waals surface area contributed by atoms with E-state index in [0.717, 1.165) is 11.1 Å². The van der Waals surface area contributed by atoms with Crippen LogP contribution in [0, 0.1) is 0 Å². The summed E-state index contributed by atoms with van der Waals surface area (Å²) in [6.07, 6.45) is 0. The number of amides is 3. The Labute approximate surface area is 111 Å². The number of imide groups is 1. The zero-order chi connectivity index (χ0) is 14.0. The number of benzene rings is 1. The summed E-state index contributed by atoms with van der Waals surface area (Å²) in [7, 11) is 3.19. The minimum atomic E-state index is -0.268. The second-order valence-electron chi connectivity index (χ2n) is 4.47. The molecule has 0 unspecified atom stereocenters. The van der Waals surface area contributed by atoms with Gasteiger partial charge in [-0.2, -0.15) is 0 Å². The average molecular weight is 263 g/mol. The third kappa shape index (κ3) is 2.53. The van der Waals surface area contributed by atoms with Crippen LogP contribution in [-0.2, 0) is 17.9 Å². The number of hydrogen-bond donors (Lipinski definition) is 1. The maximum atomic E-state index is 11.8. The molecular formula is C13H17N3O3. The van der Waals surface area contributed by atoms with Crippen LogP contribution in [0.5, 0.6) is 5.75 Å². The van der Waals surface area contributed by atoms with Gasteiger partial charge in [-0.3, -0.25) is 9.69 Å². The first-order valence-electron chi connectivity index (χ1n) is 5.98. The first-order valence-corrected chi connectivity index (χ1v) is 5.98. The highest BCUT2D eigenvalue weighted by atomic mass is 16.5. The monoisotopic (exact) mass is 263 g/mol. The Bertz CT molecular complexity index is 516. The highest BCUT2D eigenvalue weighted by Gasteiger charge is 2.33. The van der Waals surface area contributed by atoms with E-state index in [2.05, 4.69) is 0 Å². The lowest BCUT2D eigenvalue weighted by atomic mass is 10.1. The Balaban J connectivity index is 2.20. The van der Waals surface area contributed by atoms with Crippen LogP contribution in [-0.4, -0.2) is 42.4 Å². The maximum absolute atomic E-state index is 11.8. The van der Waals surface area contributed by atoms with E-state index in [0.29, 0.717) is 12.3 Å². The van der Waals surface area contributed by atoms with E-state index in [-0.39, 0.29) is 25.0 Å². The second kappa shape index (κ2) is 5.27. The van der Waals surface area contributed by atoms with Crippen molar-refractivity contribution in [3.05, 3.63) is 29.3 Å². The molecular weight excluding hydrogens is 246 g/mol. The number of nitrogens with two attached hydrogens (primary N) is 1. The van der Waals surface area contributed by atoms with Crippen molar-refractivity contribution < 1.29 is 14.3 Å². The Morgan fingerprint density at radius 3 is 2.63 bits per heavy atom. The van der Waals surface area contributed by atoms with Crippen LogP contribution in [0.25, 0.3) is 0 Å². The molecule has 0 radical (unpaired) electrons. The first-order chi connectivity index (χ1) is 9.06. The van der Waals surface area contributed by atoms with Gasteiger partial charge < -0.3 is 15.4 Å². The quantitative estimate of drug-likeness (QED) is 0.805. The van der Waals surface area contributed by atoms with Gasteiger partial charge in [0.25, 0.3) is 5.91 Å². The fraction of sp³-hybridized carbons (Fsp3) is 0.385. The van der Waals surface area contributed by atoms with Crippen LogP contribution >= 0.6 is 0 Å². The van der Waals surface area contributed by atoms with E-state index in [1.807, 2.05) is 12.1 Å². The van der Waals surface area contributed by atoms with Gasteiger partial charge in [-0.05, 0) is 17.7 Å². The Hall–Kier alpha value is -2.08. The molecule has 2 N–H and O–H groups in total. The molecule has 6 heteroatoms. The zero-order valence-corrected chi connectivity index (χ0v) is 11.0. The number of methoxy groups -OCH3 is 1.